The Labute approximate surface area is 113 Å². The normalized spacial score (nSPS) is 18.5. The quantitative estimate of drug-likeness (QED) is 0.795. The molecule has 0 saturated carbocycles. The molecule has 1 aliphatic heterocycles. The summed E-state index contributed by atoms with van der Waals surface area (Å²) in [4.78, 5) is 13.7. The van der Waals surface area contributed by atoms with E-state index in [2.05, 4.69) is 0 Å². The van der Waals surface area contributed by atoms with Gasteiger partial charge in [0.05, 0.1) is 18.3 Å². The topological polar surface area (TPSA) is 55.6 Å². The average Bonchev–Trinajstić information content (AvgIpc) is 2.40. The number of morpholine rings is 1. The van der Waals surface area contributed by atoms with Gasteiger partial charge in [0.15, 0.2) is 0 Å². The largest absolute Gasteiger partial charge is 0.399 e. The van der Waals surface area contributed by atoms with Crippen LogP contribution in [0, 0.1) is 5.82 Å². The highest BCUT2D eigenvalue weighted by Gasteiger charge is 2.24. The molecular formula is C14H21FN2O2. The van der Waals surface area contributed by atoms with E-state index < -0.39 is 5.82 Å². The van der Waals surface area contributed by atoms with Crippen LogP contribution in [0.4, 0.5) is 10.1 Å². The van der Waals surface area contributed by atoms with Gasteiger partial charge in [-0.15, -0.1) is 0 Å². The first-order chi connectivity index (χ1) is 9.08. The maximum absolute atomic E-state index is 13.6. The summed E-state index contributed by atoms with van der Waals surface area (Å²) in [6, 6.07) is 4.12. The van der Waals surface area contributed by atoms with Crippen LogP contribution in [0.3, 0.4) is 0 Å². The molecule has 106 valence electrons. The first-order valence-electron chi connectivity index (χ1n) is 6.54. The lowest BCUT2D eigenvalue weighted by Gasteiger charge is -2.31. The van der Waals surface area contributed by atoms with Gasteiger partial charge in [-0.3, -0.25) is 4.79 Å². The molecule has 2 N–H and O–H groups in total. The molecule has 1 unspecified atom stereocenters. The van der Waals surface area contributed by atoms with E-state index in [9.17, 15) is 9.18 Å². The lowest BCUT2D eigenvalue weighted by Crippen LogP contribution is -2.44. The van der Waals surface area contributed by atoms with Gasteiger partial charge in [0, 0.05) is 18.8 Å². The Morgan fingerprint density at radius 2 is 2.16 bits per heavy atom. The highest BCUT2D eigenvalue weighted by atomic mass is 19.1. The third-order valence-electron chi connectivity index (χ3n) is 2.75. The van der Waals surface area contributed by atoms with Crippen LogP contribution in [0.1, 0.15) is 31.1 Å². The summed E-state index contributed by atoms with van der Waals surface area (Å²) in [5, 5.41) is 0. The van der Waals surface area contributed by atoms with Crippen molar-refractivity contribution in [2.45, 2.75) is 26.9 Å². The fourth-order valence-electron chi connectivity index (χ4n) is 1.88. The van der Waals surface area contributed by atoms with E-state index >= 15 is 0 Å². The van der Waals surface area contributed by atoms with Crippen LogP contribution in [0.2, 0.25) is 0 Å². The molecule has 4 nitrogen and oxygen atoms in total. The summed E-state index contributed by atoms with van der Waals surface area (Å²) in [6.07, 6.45) is -0.00968. The van der Waals surface area contributed by atoms with E-state index in [1.807, 2.05) is 20.8 Å². The number of nitrogens with zero attached hydrogens (tertiary/aromatic N) is 1. The number of rotatable bonds is 1. The highest BCUT2D eigenvalue weighted by Crippen LogP contribution is 2.16. The molecule has 5 heteroatoms. The molecule has 1 heterocycles. The van der Waals surface area contributed by atoms with Crippen molar-refractivity contribution < 1.29 is 13.9 Å². The number of carbonyl (C=O) groups excluding carboxylic acids is 1. The molecule has 0 aromatic heterocycles. The van der Waals surface area contributed by atoms with Gasteiger partial charge < -0.3 is 15.4 Å². The molecule has 1 aromatic carbocycles. The summed E-state index contributed by atoms with van der Waals surface area (Å²) in [5.74, 6) is -0.883. The molecule has 1 saturated heterocycles. The van der Waals surface area contributed by atoms with Gasteiger partial charge in [-0.25, -0.2) is 4.39 Å². The van der Waals surface area contributed by atoms with Crippen LogP contribution in [0.25, 0.3) is 0 Å². The van der Waals surface area contributed by atoms with Crippen LogP contribution < -0.4 is 5.73 Å². The molecule has 1 atom stereocenters. The molecule has 0 aliphatic carbocycles. The van der Waals surface area contributed by atoms with E-state index in [1.54, 1.807) is 4.90 Å². The first kappa shape index (κ1) is 15.4. The Kier molecular flexibility index (Phi) is 5.76. The Morgan fingerprint density at radius 3 is 2.74 bits per heavy atom. The van der Waals surface area contributed by atoms with E-state index in [0.29, 0.717) is 25.4 Å². The van der Waals surface area contributed by atoms with Crippen LogP contribution in [0.5, 0.6) is 0 Å². The van der Waals surface area contributed by atoms with Crippen molar-refractivity contribution in [1.29, 1.82) is 0 Å². The predicted octanol–water partition coefficient (Wildman–Crippen LogP) is 2.29. The third kappa shape index (κ3) is 3.92. The van der Waals surface area contributed by atoms with Crippen molar-refractivity contribution in [3.05, 3.63) is 29.6 Å². The summed E-state index contributed by atoms with van der Waals surface area (Å²) >= 11 is 0. The van der Waals surface area contributed by atoms with Crippen molar-refractivity contribution in [2.75, 3.05) is 25.4 Å². The number of anilines is 1. The number of carbonyl (C=O) groups is 1. The van der Waals surface area contributed by atoms with Gasteiger partial charge >= 0.3 is 0 Å². The van der Waals surface area contributed by atoms with E-state index in [0.717, 1.165) is 6.07 Å². The Balaban J connectivity index is 0.000000861. The smallest absolute Gasteiger partial charge is 0.256 e. The molecule has 0 bridgehead atoms. The zero-order valence-corrected chi connectivity index (χ0v) is 11.6. The Hall–Kier alpha value is -1.62. The number of halogens is 1. The van der Waals surface area contributed by atoms with E-state index in [1.165, 1.54) is 12.1 Å². The number of amides is 1. The molecule has 19 heavy (non-hydrogen) atoms. The van der Waals surface area contributed by atoms with E-state index in [4.69, 9.17) is 10.5 Å². The summed E-state index contributed by atoms with van der Waals surface area (Å²) in [5.41, 5.74) is 5.82. The zero-order valence-electron chi connectivity index (χ0n) is 11.6. The molecular weight excluding hydrogens is 247 g/mol. The van der Waals surface area contributed by atoms with Crippen LogP contribution in [0.15, 0.2) is 18.2 Å². The first-order valence-corrected chi connectivity index (χ1v) is 6.54. The summed E-state index contributed by atoms with van der Waals surface area (Å²) in [7, 11) is 0. The molecule has 0 radical (unpaired) electrons. The monoisotopic (exact) mass is 268 g/mol. The minimum atomic E-state index is -0.575. The van der Waals surface area contributed by atoms with Crippen LogP contribution >= 0.6 is 0 Å². The standard InChI is InChI=1S/C12H15FN2O2.C2H6/c1-8-7-15(4-5-17-8)12(16)10-3-2-9(14)6-11(10)13;1-2/h2-3,6,8H,4-5,7,14H2,1H3;1-2H3. The number of hydrogen-bond acceptors (Lipinski definition) is 3. The number of nitrogen functional groups attached to an aromatic ring is 1. The molecule has 1 aromatic rings. The number of benzene rings is 1. The van der Waals surface area contributed by atoms with Crippen molar-refractivity contribution in [2.24, 2.45) is 0 Å². The number of ether oxygens (including phenoxy) is 1. The van der Waals surface area contributed by atoms with Crippen molar-refractivity contribution in [1.82, 2.24) is 4.90 Å². The fourth-order valence-corrected chi connectivity index (χ4v) is 1.88. The molecule has 1 aliphatic rings. The fraction of sp³-hybridized carbons (Fsp3) is 0.500. The molecule has 1 amide bonds. The SMILES string of the molecule is CC.CC1CN(C(=O)c2ccc(N)cc2F)CCO1. The van der Waals surface area contributed by atoms with Crippen molar-refractivity contribution >= 4 is 11.6 Å². The van der Waals surface area contributed by atoms with Crippen molar-refractivity contribution in [3.8, 4) is 0 Å². The van der Waals surface area contributed by atoms with Gasteiger partial charge in [0.25, 0.3) is 5.91 Å². The number of hydrogen-bond donors (Lipinski definition) is 1. The summed E-state index contributed by atoms with van der Waals surface area (Å²) in [6.45, 7) is 7.36. The Bertz CT molecular complexity index is 437. The predicted molar refractivity (Wildman–Crippen MR) is 73.5 cm³/mol. The Morgan fingerprint density at radius 1 is 1.47 bits per heavy atom. The highest BCUT2D eigenvalue weighted by molar-refractivity contribution is 5.94. The zero-order chi connectivity index (χ0) is 14.4. The van der Waals surface area contributed by atoms with Gasteiger partial charge in [0.1, 0.15) is 5.82 Å². The van der Waals surface area contributed by atoms with Gasteiger partial charge in [0.2, 0.25) is 0 Å². The molecule has 1 fully saturated rings. The van der Waals surface area contributed by atoms with Gasteiger partial charge in [-0.1, -0.05) is 13.8 Å². The summed E-state index contributed by atoms with van der Waals surface area (Å²) < 4.78 is 18.9. The molecule has 0 spiro atoms. The second kappa shape index (κ2) is 7.09. The lowest BCUT2D eigenvalue weighted by molar-refractivity contribution is -0.0125. The maximum Gasteiger partial charge on any atom is 0.256 e. The lowest BCUT2D eigenvalue weighted by atomic mass is 10.1. The van der Waals surface area contributed by atoms with Crippen molar-refractivity contribution in [3.63, 3.8) is 0 Å². The van der Waals surface area contributed by atoms with Crippen LogP contribution in [-0.4, -0.2) is 36.6 Å². The maximum atomic E-state index is 13.6. The minimum Gasteiger partial charge on any atom is -0.399 e. The van der Waals surface area contributed by atoms with Gasteiger partial charge in [-0.05, 0) is 25.1 Å². The van der Waals surface area contributed by atoms with E-state index in [-0.39, 0.29) is 17.6 Å². The minimum absolute atomic E-state index is 0.00968. The second-order valence-electron chi connectivity index (χ2n) is 4.17. The van der Waals surface area contributed by atoms with Gasteiger partial charge in [-0.2, -0.15) is 0 Å². The van der Waals surface area contributed by atoms with Crippen LogP contribution in [-0.2, 0) is 4.74 Å². The number of nitrogens with two attached hydrogens (primary N) is 1. The second-order valence-corrected chi connectivity index (χ2v) is 4.17. The average molecular weight is 268 g/mol. The third-order valence-corrected chi connectivity index (χ3v) is 2.75. The molecule has 2 rings (SSSR count).